The van der Waals surface area contributed by atoms with Crippen molar-refractivity contribution < 1.29 is 14.5 Å². The zero-order valence-electron chi connectivity index (χ0n) is 21.1. The number of rotatable bonds is 7. The van der Waals surface area contributed by atoms with Crippen molar-refractivity contribution in [2.24, 2.45) is 0 Å². The number of nitrogens with one attached hydrogen (secondary N) is 1. The van der Waals surface area contributed by atoms with Crippen LogP contribution >= 0.6 is 35.7 Å². The van der Waals surface area contributed by atoms with Gasteiger partial charge in [-0.05, 0) is 73.2 Å². The predicted molar refractivity (Wildman–Crippen MR) is 162 cm³/mol. The van der Waals surface area contributed by atoms with Crippen molar-refractivity contribution in [2.45, 2.75) is 26.5 Å². The first kappa shape index (κ1) is 27.3. The lowest BCUT2D eigenvalue weighted by molar-refractivity contribution is -0.387. The van der Waals surface area contributed by atoms with Crippen LogP contribution in [0, 0.1) is 17.0 Å². The molecule has 10 heteroatoms. The fourth-order valence-corrected chi connectivity index (χ4v) is 6.01. The van der Waals surface area contributed by atoms with E-state index in [0.717, 1.165) is 20.2 Å². The van der Waals surface area contributed by atoms with Gasteiger partial charge < -0.3 is 0 Å². The third-order valence-electron chi connectivity index (χ3n) is 5.91. The summed E-state index contributed by atoms with van der Waals surface area (Å²) >= 11 is 8.43. The summed E-state index contributed by atoms with van der Waals surface area (Å²) in [6, 6.07) is 28.9. The monoisotopic (exact) mass is 583 g/mol. The summed E-state index contributed by atoms with van der Waals surface area (Å²) in [7, 11) is 0. The quantitative estimate of drug-likeness (QED) is 0.103. The number of carbonyl (C=O) groups excluding carboxylic acids is 2. The zero-order chi connectivity index (χ0) is 28.2. The Hall–Kier alpha value is -4.25. The van der Waals surface area contributed by atoms with E-state index in [2.05, 4.69) is 5.32 Å². The van der Waals surface area contributed by atoms with Gasteiger partial charge in [0.25, 0.3) is 11.6 Å². The number of anilines is 1. The molecule has 4 aromatic carbocycles. The molecule has 1 N–H and O–H groups in total. The van der Waals surface area contributed by atoms with E-state index >= 15 is 0 Å². The first-order chi connectivity index (χ1) is 19.3. The van der Waals surface area contributed by atoms with E-state index in [1.807, 2.05) is 73.7 Å². The highest BCUT2D eigenvalue weighted by Crippen LogP contribution is 2.36. The van der Waals surface area contributed by atoms with E-state index in [1.54, 1.807) is 36.0 Å². The Morgan fingerprint density at radius 2 is 1.48 bits per heavy atom. The number of imide groups is 1. The number of thiocarbonyl (C=S) groups is 1. The minimum Gasteiger partial charge on any atom is -0.273 e. The van der Waals surface area contributed by atoms with Crippen LogP contribution in [0.15, 0.2) is 122 Å². The number of nitrogens with zero attached hydrogens (tertiary/aromatic N) is 2. The average Bonchev–Trinajstić information content (AvgIpc) is 2.94. The summed E-state index contributed by atoms with van der Waals surface area (Å²) in [5, 5.41) is 14.2. The van der Waals surface area contributed by atoms with Gasteiger partial charge in [-0.3, -0.25) is 25.1 Å². The summed E-state index contributed by atoms with van der Waals surface area (Å²) < 4.78 is 0. The Morgan fingerprint density at radius 1 is 0.850 bits per heavy atom. The van der Waals surface area contributed by atoms with Crippen LogP contribution in [0.25, 0.3) is 6.08 Å². The minimum atomic E-state index is -0.664. The molecule has 0 atom stereocenters. The molecule has 5 rings (SSSR count). The number of nitro benzene ring substituents is 1. The van der Waals surface area contributed by atoms with Crippen molar-refractivity contribution in [1.82, 2.24) is 5.32 Å². The molecular formula is C30H21N3O4S3. The summed E-state index contributed by atoms with van der Waals surface area (Å²) in [6.07, 6.45) is 1.46. The predicted octanol–water partition coefficient (Wildman–Crippen LogP) is 7.67. The highest BCUT2D eigenvalue weighted by atomic mass is 32.2. The second-order valence-electron chi connectivity index (χ2n) is 8.77. The molecule has 4 aromatic rings. The van der Waals surface area contributed by atoms with Gasteiger partial charge in [-0.1, -0.05) is 77.7 Å². The van der Waals surface area contributed by atoms with E-state index < -0.39 is 16.9 Å². The standard InChI is InChI=1S/C30H21N3O4S3/c1-19-7-12-24(13-8-19)40-27-16-9-20(18-26(27)33(36)37)17-25-28(34)31-30(35)32(29(25)38)21-10-14-23(15-11-21)39-22-5-3-2-4-6-22/h2-18H,1H3,(H,31,34,35)/b25-17+. The molecule has 7 nitrogen and oxygen atoms in total. The van der Waals surface area contributed by atoms with Crippen LogP contribution in [0.1, 0.15) is 11.1 Å². The SMILES string of the molecule is Cc1ccc(Sc2ccc(/C=C3\C(=O)NC(=O)N(c4ccc(Sc5ccccc5)cc4)C3=S)cc2[N+](=O)[O-])cc1. The van der Waals surface area contributed by atoms with Crippen molar-refractivity contribution in [3.63, 3.8) is 0 Å². The number of carbonyl (C=O) groups is 2. The zero-order valence-corrected chi connectivity index (χ0v) is 23.5. The van der Waals surface area contributed by atoms with Crippen LogP contribution in [0.4, 0.5) is 16.2 Å². The van der Waals surface area contributed by atoms with Gasteiger partial charge in [0.15, 0.2) is 0 Å². The number of hydrogen-bond donors (Lipinski definition) is 1. The molecule has 0 unspecified atom stereocenters. The molecule has 0 spiro atoms. The lowest BCUT2D eigenvalue weighted by Gasteiger charge is -2.29. The van der Waals surface area contributed by atoms with Crippen molar-refractivity contribution in [2.75, 3.05) is 4.90 Å². The summed E-state index contributed by atoms with van der Waals surface area (Å²) in [5.74, 6) is -0.664. The van der Waals surface area contributed by atoms with E-state index in [4.69, 9.17) is 12.2 Å². The second-order valence-corrected chi connectivity index (χ2v) is 11.4. The Kier molecular flexibility index (Phi) is 8.11. The molecule has 1 heterocycles. The van der Waals surface area contributed by atoms with Gasteiger partial charge in [-0.2, -0.15) is 0 Å². The Bertz CT molecular complexity index is 1650. The number of nitro groups is 1. The maximum Gasteiger partial charge on any atom is 0.334 e. The van der Waals surface area contributed by atoms with Crippen LogP contribution in [0.3, 0.4) is 0 Å². The lowest BCUT2D eigenvalue weighted by Crippen LogP contribution is -2.53. The molecule has 1 fully saturated rings. The molecule has 0 saturated carbocycles. The van der Waals surface area contributed by atoms with Gasteiger partial charge in [0, 0.05) is 20.8 Å². The molecular weight excluding hydrogens is 563 g/mol. The van der Waals surface area contributed by atoms with E-state index in [9.17, 15) is 19.7 Å². The molecule has 198 valence electrons. The number of aryl methyl sites for hydroxylation is 1. The first-order valence-electron chi connectivity index (χ1n) is 12.1. The molecule has 1 aliphatic rings. The number of benzene rings is 4. The van der Waals surface area contributed by atoms with Crippen molar-refractivity contribution in [3.8, 4) is 0 Å². The topological polar surface area (TPSA) is 92.6 Å². The Labute approximate surface area is 244 Å². The van der Waals surface area contributed by atoms with E-state index in [0.29, 0.717) is 16.1 Å². The van der Waals surface area contributed by atoms with Crippen LogP contribution in [-0.4, -0.2) is 21.9 Å². The maximum atomic E-state index is 12.8. The highest BCUT2D eigenvalue weighted by Gasteiger charge is 2.34. The molecule has 1 saturated heterocycles. The summed E-state index contributed by atoms with van der Waals surface area (Å²) in [4.78, 5) is 41.6. The first-order valence-corrected chi connectivity index (χ1v) is 14.1. The van der Waals surface area contributed by atoms with Gasteiger partial charge in [-0.15, -0.1) is 0 Å². The Balaban J connectivity index is 1.40. The molecule has 0 bridgehead atoms. The third kappa shape index (κ3) is 6.15. The lowest BCUT2D eigenvalue weighted by atomic mass is 10.1. The van der Waals surface area contributed by atoms with Crippen LogP contribution in [0.2, 0.25) is 0 Å². The van der Waals surface area contributed by atoms with Crippen molar-refractivity contribution in [3.05, 3.63) is 124 Å². The van der Waals surface area contributed by atoms with Crippen LogP contribution in [0.5, 0.6) is 0 Å². The second kappa shape index (κ2) is 11.9. The van der Waals surface area contributed by atoms with Crippen molar-refractivity contribution in [1.29, 1.82) is 0 Å². The van der Waals surface area contributed by atoms with Gasteiger partial charge in [-0.25, -0.2) is 4.79 Å². The van der Waals surface area contributed by atoms with Crippen molar-refractivity contribution >= 4 is 70.1 Å². The summed E-state index contributed by atoms with van der Waals surface area (Å²) in [5.41, 5.74) is 1.97. The van der Waals surface area contributed by atoms with Crippen LogP contribution in [-0.2, 0) is 4.79 Å². The normalized spacial score (nSPS) is 14.4. The fraction of sp³-hybridized carbons (Fsp3) is 0.0333. The largest absolute Gasteiger partial charge is 0.334 e. The fourth-order valence-electron chi connectivity index (χ4n) is 3.93. The molecule has 1 aliphatic heterocycles. The maximum absolute atomic E-state index is 12.8. The average molecular weight is 584 g/mol. The number of urea groups is 1. The minimum absolute atomic E-state index is 0.0120. The number of amides is 3. The number of hydrogen-bond acceptors (Lipinski definition) is 7. The molecule has 0 aliphatic carbocycles. The summed E-state index contributed by atoms with van der Waals surface area (Å²) in [6.45, 7) is 1.97. The Morgan fingerprint density at radius 3 is 2.15 bits per heavy atom. The third-order valence-corrected chi connectivity index (χ3v) is 8.41. The van der Waals surface area contributed by atoms with Gasteiger partial charge >= 0.3 is 6.03 Å². The smallest absolute Gasteiger partial charge is 0.273 e. The van der Waals surface area contributed by atoms with Crippen LogP contribution < -0.4 is 10.2 Å². The molecule has 40 heavy (non-hydrogen) atoms. The van der Waals surface area contributed by atoms with Gasteiger partial charge in [0.1, 0.15) is 4.99 Å². The van der Waals surface area contributed by atoms with Gasteiger partial charge in [0.05, 0.1) is 21.1 Å². The van der Waals surface area contributed by atoms with E-state index in [1.165, 1.54) is 28.8 Å². The molecule has 0 radical (unpaired) electrons. The van der Waals surface area contributed by atoms with Gasteiger partial charge in [0.2, 0.25) is 0 Å². The van der Waals surface area contributed by atoms with E-state index in [-0.39, 0.29) is 16.2 Å². The molecule has 3 amide bonds. The molecule has 0 aromatic heterocycles. The highest BCUT2D eigenvalue weighted by molar-refractivity contribution is 7.99.